The second-order valence-corrected chi connectivity index (χ2v) is 5.60. The van der Waals surface area contributed by atoms with Crippen LogP contribution in [0.1, 0.15) is 22.2 Å². The molecule has 1 aromatic heterocycles. The van der Waals surface area contributed by atoms with Gasteiger partial charge in [0.15, 0.2) is 6.29 Å². The molecule has 0 spiro atoms. The summed E-state index contributed by atoms with van der Waals surface area (Å²) in [6, 6.07) is 8.68. The van der Waals surface area contributed by atoms with Crippen LogP contribution >= 0.6 is 11.3 Å². The van der Waals surface area contributed by atoms with E-state index in [4.69, 9.17) is 0 Å². The molecule has 4 heteroatoms. The van der Waals surface area contributed by atoms with Gasteiger partial charge in [0, 0.05) is 35.6 Å². The van der Waals surface area contributed by atoms with E-state index in [1.54, 1.807) is 17.4 Å². The van der Waals surface area contributed by atoms with Crippen molar-refractivity contribution in [2.24, 2.45) is 0 Å². The number of rotatable bonds is 5. The predicted octanol–water partition coefficient (Wildman–Crippen LogP) is 3.77. The number of carbonyl (C=O) groups is 1. The molecule has 0 amide bonds. The summed E-state index contributed by atoms with van der Waals surface area (Å²) < 4.78 is 13.1. The second-order valence-electron chi connectivity index (χ2n) is 4.56. The normalized spacial score (nSPS) is 12.2. The molecule has 0 aliphatic rings. The molecule has 1 atom stereocenters. The van der Waals surface area contributed by atoms with E-state index >= 15 is 0 Å². The topological polar surface area (TPSA) is 20.3 Å². The summed E-state index contributed by atoms with van der Waals surface area (Å²) in [4.78, 5) is 14.3. The molecule has 2 aromatic rings. The van der Waals surface area contributed by atoms with Crippen molar-refractivity contribution in [2.45, 2.75) is 19.4 Å². The third kappa shape index (κ3) is 3.20. The number of nitrogens with zero attached hydrogens (tertiary/aromatic N) is 1. The zero-order valence-corrected chi connectivity index (χ0v) is 11.8. The van der Waals surface area contributed by atoms with E-state index in [0.29, 0.717) is 11.8 Å². The molecule has 1 aromatic carbocycles. The molecule has 1 heterocycles. The number of hydrogen-bond acceptors (Lipinski definition) is 3. The van der Waals surface area contributed by atoms with Crippen molar-refractivity contribution in [3.63, 3.8) is 0 Å². The fraction of sp³-hybridized carbons (Fsp3) is 0.267. The predicted molar refractivity (Wildman–Crippen MR) is 77.7 cm³/mol. The van der Waals surface area contributed by atoms with E-state index in [1.165, 1.54) is 17.0 Å². The van der Waals surface area contributed by atoms with Crippen molar-refractivity contribution in [3.8, 4) is 0 Å². The standard InChI is InChI=1S/C15H16FNOS/c1-11(8-14-4-3-7-19-14)17(2)15-6-5-13(16)9-12(15)10-18/h3-7,9-11H,8H2,1-2H3. The first kappa shape index (κ1) is 13.7. The molecule has 2 nitrogen and oxygen atoms in total. The number of aldehydes is 1. The van der Waals surface area contributed by atoms with E-state index in [0.717, 1.165) is 12.1 Å². The van der Waals surface area contributed by atoms with E-state index in [-0.39, 0.29) is 11.9 Å². The van der Waals surface area contributed by atoms with Crippen molar-refractivity contribution in [3.05, 3.63) is 52.0 Å². The number of benzene rings is 1. The van der Waals surface area contributed by atoms with Crippen molar-refractivity contribution in [2.75, 3.05) is 11.9 Å². The molecule has 19 heavy (non-hydrogen) atoms. The largest absolute Gasteiger partial charge is 0.371 e. The van der Waals surface area contributed by atoms with Gasteiger partial charge in [-0.25, -0.2) is 4.39 Å². The summed E-state index contributed by atoms with van der Waals surface area (Å²) in [5.74, 6) is -0.384. The van der Waals surface area contributed by atoms with Gasteiger partial charge in [-0.1, -0.05) is 6.07 Å². The number of thiophene rings is 1. The smallest absolute Gasteiger partial charge is 0.152 e. The Morgan fingerprint density at radius 1 is 1.42 bits per heavy atom. The number of hydrogen-bond donors (Lipinski definition) is 0. The lowest BCUT2D eigenvalue weighted by atomic mass is 10.1. The average Bonchev–Trinajstić information content (AvgIpc) is 2.90. The molecule has 0 aliphatic heterocycles. The van der Waals surface area contributed by atoms with Crippen LogP contribution in [0.2, 0.25) is 0 Å². The Morgan fingerprint density at radius 3 is 2.84 bits per heavy atom. The monoisotopic (exact) mass is 277 g/mol. The molecule has 0 N–H and O–H groups in total. The second kappa shape index (κ2) is 5.97. The summed E-state index contributed by atoms with van der Waals surface area (Å²) in [6.07, 6.45) is 1.61. The molecule has 0 saturated heterocycles. The van der Waals surface area contributed by atoms with Crippen LogP contribution in [-0.4, -0.2) is 19.4 Å². The first-order valence-corrected chi connectivity index (χ1v) is 6.99. The molecule has 0 radical (unpaired) electrons. The molecule has 0 fully saturated rings. The molecule has 100 valence electrons. The Labute approximate surface area is 116 Å². The van der Waals surface area contributed by atoms with Gasteiger partial charge in [0.2, 0.25) is 0 Å². The minimum absolute atomic E-state index is 0.239. The first-order valence-electron chi connectivity index (χ1n) is 6.11. The van der Waals surface area contributed by atoms with Crippen LogP contribution in [0, 0.1) is 5.82 Å². The lowest BCUT2D eigenvalue weighted by molar-refractivity contribution is 0.112. The average molecular weight is 277 g/mol. The van der Waals surface area contributed by atoms with Crippen LogP contribution < -0.4 is 4.90 Å². The van der Waals surface area contributed by atoms with Gasteiger partial charge in [-0.2, -0.15) is 0 Å². The zero-order valence-electron chi connectivity index (χ0n) is 11.0. The van der Waals surface area contributed by atoms with Crippen LogP contribution in [0.5, 0.6) is 0 Å². The highest BCUT2D eigenvalue weighted by molar-refractivity contribution is 7.09. The van der Waals surface area contributed by atoms with Crippen LogP contribution in [-0.2, 0) is 6.42 Å². The minimum atomic E-state index is -0.384. The molecule has 0 bridgehead atoms. The quantitative estimate of drug-likeness (QED) is 0.775. The Hall–Kier alpha value is -1.68. The third-order valence-electron chi connectivity index (χ3n) is 3.23. The van der Waals surface area contributed by atoms with Gasteiger partial charge in [-0.05, 0) is 36.6 Å². The van der Waals surface area contributed by atoms with Gasteiger partial charge in [-0.15, -0.1) is 11.3 Å². The van der Waals surface area contributed by atoms with Gasteiger partial charge >= 0.3 is 0 Å². The lowest BCUT2D eigenvalue weighted by Crippen LogP contribution is -2.31. The summed E-state index contributed by atoms with van der Waals surface area (Å²) in [5.41, 5.74) is 1.15. The van der Waals surface area contributed by atoms with Crippen molar-refractivity contribution >= 4 is 23.3 Å². The van der Waals surface area contributed by atoms with E-state index in [2.05, 4.69) is 18.4 Å². The minimum Gasteiger partial charge on any atom is -0.371 e. The van der Waals surface area contributed by atoms with Gasteiger partial charge < -0.3 is 4.90 Å². The molecule has 1 unspecified atom stereocenters. The third-order valence-corrected chi connectivity index (χ3v) is 4.13. The molecule has 0 aliphatic carbocycles. The maximum absolute atomic E-state index is 13.1. The number of likely N-dealkylation sites (N-methyl/N-ethyl adjacent to an activating group) is 1. The Morgan fingerprint density at radius 2 is 2.21 bits per heavy atom. The van der Waals surface area contributed by atoms with E-state index < -0.39 is 0 Å². The first-order chi connectivity index (χ1) is 9.11. The Bertz CT molecular complexity index is 553. The maximum atomic E-state index is 13.1. The number of carbonyl (C=O) groups excluding carboxylic acids is 1. The SMILES string of the molecule is CC(Cc1cccs1)N(C)c1ccc(F)cc1C=O. The summed E-state index contributed by atoms with van der Waals surface area (Å²) in [6.45, 7) is 2.09. The molecular weight excluding hydrogens is 261 g/mol. The van der Waals surface area contributed by atoms with Gasteiger partial charge in [0.1, 0.15) is 5.82 Å². The van der Waals surface area contributed by atoms with Crippen LogP contribution in [0.15, 0.2) is 35.7 Å². The number of anilines is 1. The van der Waals surface area contributed by atoms with Gasteiger partial charge in [-0.3, -0.25) is 4.79 Å². The summed E-state index contributed by atoms with van der Waals surface area (Å²) >= 11 is 1.72. The summed E-state index contributed by atoms with van der Waals surface area (Å²) in [7, 11) is 1.93. The van der Waals surface area contributed by atoms with Gasteiger partial charge in [0.05, 0.1) is 0 Å². The molecule has 0 saturated carbocycles. The Kier molecular flexibility index (Phi) is 4.32. The lowest BCUT2D eigenvalue weighted by Gasteiger charge is -2.28. The highest BCUT2D eigenvalue weighted by Crippen LogP contribution is 2.23. The molecule has 2 rings (SSSR count). The fourth-order valence-corrected chi connectivity index (χ4v) is 2.86. The van der Waals surface area contributed by atoms with Gasteiger partial charge in [0.25, 0.3) is 0 Å². The molecular formula is C15H16FNOS. The highest BCUT2D eigenvalue weighted by atomic mass is 32.1. The summed E-state index contributed by atoms with van der Waals surface area (Å²) in [5, 5.41) is 2.05. The fourth-order valence-electron chi connectivity index (χ4n) is 2.04. The zero-order chi connectivity index (χ0) is 13.8. The van der Waals surface area contributed by atoms with Crippen molar-refractivity contribution in [1.82, 2.24) is 0 Å². The van der Waals surface area contributed by atoms with E-state index in [9.17, 15) is 9.18 Å². The highest BCUT2D eigenvalue weighted by Gasteiger charge is 2.15. The van der Waals surface area contributed by atoms with Crippen molar-refractivity contribution in [1.29, 1.82) is 0 Å². The number of halogens is 1. The van der Waals surface area contributed by atoms with Crippen molar-refractivity contribution < 1.29 is 9.18 Å². The van der Waals surface area contributed by atoms with E-state index in [1.807, 2.05) is 18.0 Å². The van der Waals surface area contributed by atoms with Crippen LogP contribution in [0.3, 0.4) is 0 Å². The maximum Gasteiger partial charge on any atom is 0.152 e. The Balaban J connectivity index is 2.18. The van der Waals surface area contributed by atoms with Crippen LogP contribution in [0.4, 0.5) is 10.1 Å². The van der Waals surface area contributed by atoms with Crippen LogP contribution in [0.25, 0.3) is 0 Å².